The topological polar surface area (TPSA) is 350 Å². The van der Waals surface area contributed by atoms with Gasteiger partial charge in [-0.05, 0) is 323 Å². The van der Waals surface area contributed by atoms with E-state index in [0.717, 1.165) is 214 Å². The van der Waals surface area contributed by atoms with E-state index in [-0.39, 0.29) is 71.6 Å². The molecule has 6 bridgehead atoms. The summed E-state index contributed by atoms with van der Waals surface area (Å²) < 4.78 is 26.2. The number of alkyl carbamates (subject to hydrolysis) is 3. The first-order chi connectivity index (χ1) is 71.1. The van der Waals surface area contributed by atoms with Gasteiger partial charge in [-0.3, -0.25) is 40.3 Å². The van der Waals surface area contributed by atoms with E-state index in [2.05, 4.69) is 243 Å². The number of H-pyrrole nitrogens is 3. The van der Waals surface area contributed by atoms with E-state index in [1.54, 1.807) is 64.6 Å². The van der Waals surface area contributed by atoms with Crippen LogP contribution < -0.4 is 31.9 Å². The Morgan fingerprint density at radius 2 is 0.633 bits per heavy atom. The van der Waals surface area contributed by atoms with Gasteiger partial charge in [-0.15, -0.1) is 34.0 Å². The summed E-state index contributed by atoms with van der Waals surface area (Å²) in [6.45, 7) is 58.7. The number of nitrogens with zero attached hydrogens (tertiary/aromatic N) is 9. The summed E-state index contributed by atoms with van der Waals surface area (Å²) in [6, 6.07) is 28.9. The Kier molecular flexibility index (Phi) is 35.9. The summed E-state index contributed by atoms with van der Waals surface area (Å²) in [5.41, 5.74) is 14.5. The lowest BCUT2D eigenvalue weighted by molar-refractivity contribution is -0.138. The Morgan fingerprint density at radius 1 is 0.373 bits per heavy atom. The molecule has 0 aliphatic carbocycles. The third-order valence-electron chi connectivity index (χ3n) is 30.6. The van der Waals surface area contributed by atoms with Crippen molar-refractivity contribution in [3.05, 3.63) is 137 Å². The largest absolute Gasteiger partial charge is 0.450 e. The third kappa shape index (κ3) is 26.2. The molecule has 35 heteroatoms. The van der Waals surface area contributed by atoms with Crippen LogP contribution in [0.15, 0.2) is 82.8 Å². The van der Waals surface area contributed by atoms with Crippen molar-refractivity contribution in [3.8, 4) is 33.8 Å². The average Bonchev–Trinajstić information content (AvgIpc) is 1.59. The summed E-state index contributed by atoms with van der Waals surface area (Å²) in [5, 5.41) is 21.7. The summed E-state index contributed by atoms with van der Waals surface area (Å²) >= 11 is 10.4. The number of piperazine rings is 3. The molecular weight excluding hydrogens is 1970 g/mol. The van der Waals surface area contributed by atoms with Crippen LogP contribution in [-0.2, 0) is 54.3 Å². The zero-order valence-corrected chi connectivity index (χ0v) is 96.1. The van der Waals surface area contributed by atoms with Crippen molar-refractivity contribution < 1.29 is 62.0 Å². The SMILES string of the molecule is CC(C)(C)OC(=O)N1CCNCC1.CCOC(=O)NC(=NC[C@@H](C)c1c(-c2cc(C)cc(C)c2)[nH]c2sc(C(C)(C)C(=O)N3C4CCC3CC4)cc12)N1CCN(C(=O)OC(C)(C)C)CC1.CCOC(=O)NC(=NC[C@@H](C)c1c(-c2cc(C)cc(C)c2)[nH]c2sc(C(C)(C)C(=O)N3C4CCC3CC4)cc12)N1CCNCC1.CCOC(=O)NC(=S)NC[C@@H](C)c1c(-c2cc(C)cc(C)c2)[nH]c2sc(C(C)(C)C(=O)N3C4CCC3CC4)cc12. The standard InChI is InChI=1S/C40H56N6O5S.C35H48N6O3S.C31H40N4O3S2.C9H18N2O2/c1-10-50-37(48)43-36(44-15-17-45(18-16-44)38(49)51-39(5,6)7)41-23-26(4)32-30-22-31(40(8,9)35(47)46-28-11-12-29(46)14-13-28)52-34(30)42-33(32)27-20-24(2)19-25(3)21-27;1-7-44-34(43)39-33(40-14-12-36-13-15-40)37-20-23(4)29-27-19-28(35(5,6)32(42)41-25-8-9-26(41)11-10-25)45-31(27)38-30(29)24-17-21(2)16-22(3)18-24;1-7-38-30(37)34-29(39)32-16-19(4)25-23-15-24(31(5,6)28(36)35-21-8-9-22(35)11-10-21)40-27(23)33-26(25)20-13-17(2)12-18(3)14-20;1-9(2,3)13-8(12)11-6-4-10-5-7-11/h19-22,26,28-29,42H,10-18,23H2,1-9H3,(H,41,43,48);16-19,23,25-26,36,38H,7-15,20H2,1-6H3,(H,37,39,43);12-15,19,21-22,33H,7-11,16H2,1-6H3,(H2,32,34,37,39);10H,4-7H2,1-3H3/t26-,28?,29?;23-,25?,26?;19-,21?,22?;/m111./s1. The smallest absolute Gasteiger partial charge is 0.413 e. The molecular formula is C115H162N18O13S4. The summed E-state index contributed by atoms with van der Waals surface area (Å²) in [4.78, 5) is 145. The van der Waals surface area contributed by atoms with Crippen molar-refractivity contribution in [3.63, 3.8) is 0 Å². The van der Waals surface area contributed by atoms with Crippen LogP contribution >= 0.6 is 46.2 Å². The van der Waals surface area contributed by atoms with Crippen molar-refractivity contribution in [2.24, 2.45) is 9.98 Å². The van der Waals surface area contributed by atoms with Crippen LogP contribution in [0.5, 0.6) is 0 Å². The van der Waals surface area contributed by atoms with E-state index in [1.807, 2.05) is 46.4 Å². The molecule has 31 nitrogen and oxygen atoms in total. The summed E-state index contributed by atoms with van der Waals surface area (Å²) in [5.74, 6) is 1.76. The molecule has 9 N–H and O–H groups in total. The molecule has 15 heterocycles. The van der Waals surface area contributed by atoms with Gasteiger partial charge in [0, 0.05) is 183 Å². The van der Waals surface area contributed by atoms with E-state index in [1.165, 1.54) is 44.5 Å². The highest BCUT2D eigenvalue weighted by Gasteiger charge is 2.52. The highest BCUT2D eigenvalue weighted by molar-refractivity contribution is 7.80. The van der Waals surface area contributed by atoms with Crippen LogP contribution in [0.2, 0.25) is 0 Å². The molecule has 9 aromatic rings. The third-order valence-corrected chi connectivity index (χ3v) is 35.0. The number of nitrogens with one attached hydrogen (secondary N) is 9. The number of fused-ring (bicyclic) bond motifs is 9. The van der Waals surface area contributed by atoms with Gasteiger partial charge in [-0.1, -0.05) is 72.4 Å². The molecule has 9 aliphatic rings. The van der Waals surface area contributed by atoms with Gasteiger partial charge in [-0.25, -0.2) is 24.0 Å². The number of thiophene rings is 3. The van der Waals surface area contributed by atoms with E-state index in [0.29, 0.717) is 101 Å². The van der Waals surface area contributed by atoms with Crippen molar-refractivity contribution in [1.29, 1.82) is 0 Å². The molecule has 3 atom stereocenters. The second-order valence-electron chi connectivity index (χ2n) is 46.0. The number of hydrogen-bond donors (Lipinski definition) is 9. The lowest BCUT2D eigenvalue weighted by Gasteiger charge is -2.36. The van der Waals surface area contributed by atoms with Crippen molar-refractivity contribution >= 4 is 142 Å². The number of guanidine groups is 2. The normalized spacial score (nSPS) is 20.0. The first-order valence-electron chi connectivity index (χ1n) is 54.4. The lowest BCUT2D eigenvalue weighted by atomic mass is 9.88. The molecule has 9 fully saturated rings. The van der Waals surface area contributed by atoms with E-state index in [4.69, 9.17) is 45.9 Å². The number of benzene rings is 3. The minimum atomic E-state index is -0.646. The Morgan fingerprint density at radius 3 is 0.920 bits per heavy atom. The zero-order valence-electron chi connectivity index (χ0n) is 92.8. The number of carbonyl (C=O) groups is 8. The van der Waals surface area contributed by atoms with Crippen molar-refractivity contribution in [1.82, 2.24) is 81.2 Å². The van der Waals surface area contributed by atoms with E-state index >= 15 is 0 Å². The molecule has 8 amide bonds. The zero-order chi connectivity index (χ0) is 108. The van der Waals surface area contributed by atoms with Gasteiger partial charge in [0.05, 0.1) is 53.1 Å². The molecule has 0 saturated carbocycles. The second-order valence-corrected chi connectivity index (χ2v) is 49.6. The fourth-order valence-corrected chi connectivity index (χ4v) is 26.9. The monoisotopic (exact) mass is 2130 g/mol. The molecule has 814 valence electrons. The Balaban J connectivity index is 0.000000159. The molecule has 0 radical (unpaired) electrons. The van der Waals surface area contributed by atoms with E-state index < -0.39 is 40.1 Å². The quantitative estimate of drug-likeness (QED) is 0.0140. The van der Waals surface area contributed by atoms with Crippen molar-refractivity contribution in [2.75, 3.05) is 118 Å². The Hall–Kier alpha value is -11.1. The second kappa shape index (κ2) is 47.6. The van der Waals surface area contributed by atoms with Crippen molar-refractivity contribution in [2.45, 2.75) is 325 Å². The summed E-state index contributed by atoms with van der Waals surface area (Å²) in [6.07, 6.45) is 11.4. The van der Waals surface area contributed by atoms with Gasteiger partial charge in [-0.2, -0.15) is 0 Å². The lowest BCUT2D eigenvalue weighted by Crippen LogP contribution is -2.55. The number of carbonyl (C=O) groups excluding carboxylic acids is 8. The minimum absolute atomic E-state index is 0.0344. The maximum atomic E-state index is 14.1. The van der Waals surface area contributed by atoms with Gasteiger partial charge in [0.2, 0.25) is 29.6 Å². The van der Waals surface area contributed by atoms with E-state index in [9.17, 15) is 38.4 Å². The first-order valence-corrected chi connectivity index (χ1v) is 57.2. The molecule has 9 saturated heterocycles. The van der Waals surface area contributed by atoms with Crippen LogP contribution in [0.25, 0.3) is 64.4 Å². The average molecular weight is 2130 g/mol. The number of aromatic nitrogens is 3. The first kappa shape index (κ1) is 113. The van der Waals surface area contributed by atoms with Crippen LogP contribution in [0.1, 0.15) is 284 Å². The number of hydrogen-bond acceptors (Lipinski definition) is 21. The maximum absolute atomic E-state index is 14.1. The number of thiocarbonyl (C=S) groups is 1. The number of ether oxygens (including phenoxy) is 5. The molecule has 0 unspecified atom stereocenters. The molecule has 0 spiro atoms. The fraction of sp³-hybridized carbons (Fsp3) is 0.591. The molecule has 3 aromatic carbocycles. The van der Waals surface area contributed by atoms with Crippen LogP contribution in [0.3, 0.4) is 0 Å². The Labute approximate surface area is 903 Å². The fourth-order valence-electron chi connectivity index (χ4n) is 23.2. The van der Waals surface area contributed by atoms with Gasteiger partial charge < -0.3 is 88.9 Å². The summed E-state index contributed by atoms with van der Waals surface area (Å²) in [7, 11) is 0. The predicted octanol–water partition coefficient (Wildman–Crippen LogP) is 21.3. The van der Waals surface area contributed by atoms with Gasteiger partial charge in [0.1, 0.15) is 25.7 Å². The maximum Gasteiger partial charge on any atom is 0.413 e. The molecule has 150 heavy (non-hydrogen) atoms. The number of rotatable bonds is 21. The highest BCUT2D eigenvalue weighted by Crippen LogP contribution is 2.51. The number of aryl methyl sites for hydroxylation is 6. The number of amides is 8. The predicted molar refractivity (Wildman–Crippen MR) is 606 cm³/mol. The molecule has 18 rings (SSSR count). The molecule has 6 aromatic heterocycles. The minimum Gasteiger partial charge on any atom is -0.450 e. The van der Waals surface area contributed by atoms with Crippen LogP contribution in [0, 0.1) is 41.5 Å². The Bertz CT molecular complexity index is 6340. The van der Waals surface area contributed by atoms with Gasteiger partial charge in [0.15, 0.2) is 5.11 Å². The highest BCUT2D eigenvalue weighted by atomic mass is 32.1. The molecule has 9 aliphatic heterocycles. The number of aliphatic imine (C=N–C) groups is 2. The van der Waals surface area contributed by atoms with Gasteiger partial charge >= 0.3 is 30.5 Å². The number of aromatic amines is 3. The van der Waals surface area contributed by atoms with Gasteiger partial charge in [0.25, 0.3) is 0 Å². The van der Waals surface area contributed by atoms with Crippen LogP contribution in [-0.4, -0.2) is 280 Å². The van der Waals surface area contributed by atoms with Crippen LogP contribution in [0.4, 0.5) is 24.0 Å².